The van der Waals surface area contributed by atoms with Crippen molar-refractivity contribution in [1.82, 2.24) is 10.6 Å². The van der Waals surface area contributed by atoms with E-state index in [9.17, 15) is 0 Å². The van der Waals surface area contributed by atoms with Gasteiger partial charge in [0, 0.05) is 21.9 Å². The first-order valence-corrected chi connectivity index (χ1v) is 19.5. The molecule has 1 aliphatic rings. The van der Waals surface area contributed by atoms with Crippen LogP contribution in [0.25, 0.3) is 76.9 Å². The van der Waals surface area contributed by atoms with Gasteiger partial charge in [-0.1, -0.05) is 176 Å². The molecule has 57 heavy (non-hydrogen) atoms. The Morgan fingerprint density at radius 2 is 1.02 bits per heavy atom. The third kappa shape index (κ3) is 5.95. The van der Waals surface area contributed by atoms with Gasteiger partial charge in [0.25, 0.3) is 0 Å². The fourth-order valence-electron chi connectivity index (χ4n) is 8.53. The molecule has 4 nitrogen and oxygen atoms in total. The van der Waals surface area contributed by atoms with Crippen LogP contribution in [0.4, 0.5) is 0 Å². The van der Waals surface area contributed by atoms with Gasteiger partial charge in [0.2, 0.25) is 0 Å². The van der Waals surface area contributed by atoms with E-state index in [1.54, 1.807) is 0 Å². The molecule has 0 aliphatic carbocycles. The highest BCUT2D eigenvalue weighted by atomic mass is 16.3. The van der Waals surface area contributed by atoms with Crippen LogP contribution in [0.1, 0.15) is 29.0 Å². The van der Waals surface area contributed by atoms with Crippen LogP contribution in [0.3, 0.4) is 0 Å². The number of aliphatic imine (C=N–C) groups is 1. The lowest BCUT2D eigenvalue weighted by atomic mass is 9.93. The minimum atomic E-state index is -0.345. The van der Waals surface area contributed by atoms with E-state index in [0.29, 0.717) is 0 Å². The maximum atomic E-state index is 6.69. The Morgan fingerprint density at radius 1 is 0.421 bits per heavy atom. The largest absolute Gasteiger partial charge is 0.456 e. The molecule has 0 spiro atoms. The van der Waals surface area contributed by atoms with Crippen LogP contribution in [0.5, 0.6) is 0 Å². The molecule has 11 rings (SSSR count). The standard InChI is InChI=1S/C53H37N3O/c1-3-12-34(13-4-1)36-22-26-38(27-23-36)51-54-52(39-28-24-37(25-29-39)35-14-5-2-6-15-35)56-53(55-51)46-20-11-21-48-50(46)45-31-30-41(33-49(45)57-48)47-32-40-16-7-8-17-42(40)43-18-9-10-19-44(43)47/h1-33,51,53,55H,(H,54,56). The lowest BCUT2D eigenvalue weighted by Crippen LogP contribution is -2.45. The van der Waals surface area contributed by atoms with E-state index in [4.69, 9.17) is 9.41 Å². The number of fused-ring (bicyclic) bond motifs is 6. The van der Waals surface area contributed by atoms with Crippen molar-refractivity contribution in [1.29, 1.82) is 0 Å². The number of rotatable bonds is 6. The molecule has 9 aromatic carbocycles. The predicted octanol–water partition coefficient (Wildman–Crippen LogP) is 13.2. The molecule has 0 saturated carbocycles. The molecule has 1 aliphatic heterocycles. The molecule has 2 heterocycles. The average molecular weight is 732 g/mol. The second kappa shape index (κ2) is 13.8. The highest BCUT2D eigenvalue weighted by molar-refractivity contribution is 6.15. The van der Waals surface area contributed by atoms with E-state index in [1.807, 2.05) is 6.07 Å². The van der Waals surface area contributed by atoms with E-state index in [-0.39, 0.29) is 12.3 Å². The number of benzene rings is 9. The zero-order valence-electron chi connectivity index (χ0n) is 31.1. The van der Waals surface area contributed by atoms with Crippen LogP contribution < -0.4 is 10.6 Å². The van der Waals surface area contributed by atoms with Crippen LogP contribution >= 0.6 is 0 Å². The summed E-state index contributed by atoms with van der Waals surface area (Å²) in [6.45, 7) is 0. The van der Waals surface area contributed by atoms with Crippen molar-refractivity contribution in [2.45, 2.75) is 12.3 Å². The zero-order chi connectivity index (χ0) is 37.7. The summed E-state index contributed by atoms with van der Waals surface area (Å²) in [7, 11) is 0. The average Bonchev–Trinajstić information content (AvgIpc) is 3.68. The van der Waals surface area contributed by atoms with Gasteiger partial charge in [-0.15, -0.1) is 0 Å². The maximum Gasteiger partial charge on any atom is 0.136 e. The summed E-state index contributed by atoms with van der Waals surface area (Å²) >= 11 is 0. The van der Waals surface area contributed by atoms with Gasteiger partial charge in [-0.05, 0) is 84.8 Å². The van der Waals surface area contributed by atoms with Crippen molar-refractivity contribution in [3.05, 3.63) is 217 Å². The quantitative estimate of drug-likeness (QED) is 0.167. The third-order valence-corrected chi connectivity index (χ3v) is 11.4. The Hall–Kier alpha value is -7.27. The van der Waals surface area contributed by atoms with Gasteiger partial charge in [-0.25, -0.2) is 4.99 Å². The normalized spacial score (nSPS) is 15.5. The van der Waals surface area contributed by atoms with Crippen molar-refractivity contribution in [2.24, 2.45) is 4.99 Å². The summed E-state index contributed by atoms with van der Waals surface area (Å²) in [6.07, 6.45) is -0.537. The van der Waals surface area contributed by atoms with Crippen LogP contribution in [0.2, 0.25) is 0 Å². The molecule has 0 bridgehead atoms. The second-order valence-electron chi connectivity index (χ2n) is 14.8. The molecule has 1 aromatic heterocycles. The number of furan rings is 1. The Kier molecular flexibility index (Phi) is 8.01. The molecule has 2 unspecified atom stereocenters. The number of amidine groups is 1. The van der Waals surface area contributed by atoms with Gasteiger partial charge in [0.05, 0.1) is 0 Å². The Labute approximate surface area is 330 Å². The van der Waals surface area contributed by atoms with Crippen LogP contribution in [0.15, 0.2) is 210 Å². The molecule has 270 valence electrons. The highest BCUT2D eigenvalue weighted by Crippen LogP contribution is 2.40. The molecule has 0 saturated heterocycles. The number of nitrogens with zero attached hydrogens (tertiary/aromatic N) is 1. The number of hydrogen-bond donors (Lipinski definition) is 2. The zero-order valence-corrected chi connectivity index (χ0v) is 31.1. The Balaban J connectivity index is 1.01. The summed E-state index contributed by atoms with van der Waals surface area (Å²) in [5, 5.41) is 14.7. The number of nitrogens with one attached hydrogen (secondary N) is 2. The summed E-state index contributed by atoms with van der Waals surface area (Å²) in [5.74, 6) is 0.839. The highest BCUT2D eigenvalue weighted by Gasteiger charge is 2.28. The van der Waals surface area contributed by atoms with Crippen molar-refractivity contribution in [3.63, 3.8) is 0 Å². The van der Waals surface area contributed by atoms with E-state index in [2.05, 4.69) is 205 Å². The molecule has 0 radical (unpaired) electrons. The molecule has 4 heteroatoms. The minimum absolute atomic E-state index is 0.192. The lowest BCUT2D eigenvalue weighted by Gasteiger charge is -2.32. The van der Waals surface area contributed by atoms with Gasteiger partial charge in [-0.3, -0.25) is 5.32 Å². The first-order chi connectivity index (χ1) is 28.2. The van der Waals surface area contributed by atoms with Crippen molar-refractivity contribution < 1.29 is 4.42 Å². The summed E-state index contributed by atoms with van der Waals surface area (Å²) < 4.78 is 6.69. The lowest BCUT2D eigenvalue weighted by molar-refractivity contribution is 0.410. The molecular formula is C53H37N3O. The minimum Gasteiger partial charge on any atom is -0.456 e. The Morgan fingerprint density at radius 3 is 1.75 bits per heavy atom. The fourth-order valence-corrected chi connectivity index (χ4v) is 8.53. The van der Waals surface area contributed by atoms with Gasteiger partial charge >= 0.3 is 0 Å². The summed E-state index contributed by atoms with van der Waals surface area (Å²) in [6, 6.07) is 71.1. The van der Waals surface area contributed by atoms with Gasteiger partial charge in [0.1, 0.15) is 29.3 Å². The SMILES string of the molecule is c1ccc(-c2ccc(C3=NC(c4cccc5oc6cc(-c7cc8ccccc8c8ccccc78)ccc6c45)NC(c4ccc(-c5ccccc5)cc4)N3)cc2)cc1. The fraction of sp³-hybridized carbons (Fsp3) is 0.0377. The van der Waals surface area contributed by atoms with Gasteiger partial charge in [-0.2, -0.15) is 0 Å². The van der Waals surface area contributed by atoms with E-state index < -0.39 is 0 Å². The summed E-state index contributed by atoms with van der Waals surface area (Å²) in [5.41, 5.74) is 12.0. The van der Waals surface area contributed by atoms with Crippen LogP contribution in [-0.4, -0.2) is 5.84 Å². The van der Waals surface area contributed by atoms with E-state index in [0.717, 1.165) is 50.0 Å². The van der Waals surface area contributed by atoms with Crippen molar-refractivity contribution >= 4 is 49.3 Å². The number of hydrogen-bond acceptors (Lipinski definition) is 4. The molecular weight excluding hydrogens is 695 g/mol. The van der Waals surface area contributed by atoms with Gasteiger partial charge in [0.15, 0.2) is 0 Å². The summed E-state index contributed by atoms with van der Waals surface area (Å²) in [4.78, 5) is 5.38. The second-order valence-corrected chi connectivity index (χ2v) is 14.8. The predicted molar refractivity (Wildman–Crippen MR) is 236 cm³/mol. The molecule has 0 fully saturated rings. The maximum absolute atomic E-state index is 6.69. The molecule has 0 amide bonds. The molecule has 2 N–H and O–H groups in total. The van der Waals surface area contributed by atoms with Crippen LogP contribution in [-0.2, 0) is 0 Å². The molecule has 10 aromatic rings. The van der Waals surface area contributed by atoms with E-state index in [1.165, 1.54) is 49.4 Å². The van der Waals surface area contributed by atoms with E-state index >= 15 is 0 Å². The first kappa shape index (κ1) is 33.1. The van der Waals surface area contributed by atoms with Crippen molar-refractivity contribution in [2.75, 3.05) is 0 Å². The third-order valence-electron chi connectivity index (χ3n) is 11.4. The van der Waals surface area contributed by atoms with Crippen LogP contribution in [0, 0.1) is 0 Å². The van der Waals surface area contributed by atoms with Gasteiger partial charge < -0.3 is 9.73 Å². The smallest absolute Gasteiger partial charge is 0.136 e. The molecule has 2 atom stereocenters. The first-order valence-electron chi connectivity index (χ1n) is 19.5. The topological polar surface area (TPSA) is 49.6 Å². The Bertz CT molecular complexity index is 3110. The van der Waals surface area contributed by atoms with Crippen molar-refractivity contribution in [3.8, 4) is 33.4 Å². The monoisotopic (exact) mass is 731 g/mol.